The lowest BCUT2D eigenvalue weighted by atomic mass is 10.0. The predicted molar refractivity (Wildman–Crippen MR) is 210 cm³/mol. The van der Waals surface area contributed by atoms with E-state index >= 15 is 0 Å². The summed E-state index contributed by atoms with van der Waals surface area (Å²) in [6.45, 7) is 11.3. The lowest BCUT2D eigenvalue weighted by Crippen LogP contribution is -2.30. The summed E-state index contributed by atoms with van der Waals surface area (Å²) in [4.78, 5) is 37.6. The van der Waals surface area contributed by atoms with Crippen LogP contribution in [0.25, 0.3) is 0 Å². The van der Waals surface area contributed by atoms with Crippen LogP contribution in [0.3, 0.4) is 0 Å². The maximum Gasteiger partial charge on any atom is 0.306 e. The molecule has 0 aliphatic rings. The van der Waals surface area contributed by atoms with Gasteiger partial charge in [-0.1, -0.05) is 195 Å². The van der Waals surface area contributed by atoms with Gasteiger partial charge in [-0.2, -0.15) is 0 Å². The van der Waals surface area contributed by atoms with Crippen LogP contribution in [-0.2, 0) is 28.6 Å². The van der Waals surface area contributed by atoms with Crippen molar-refractivity contribution in [2.24, 2.45) is 11.8 Å². The molecule has 50 heavy (non-hydrogen) atoms. The summed E-state index contributed by atoms with van der Waals surface area (Å²) < 4.78 is 16.7. The van der Waals surface area contributed by atoms with E-state index in [2.05, 4.69) is 34.6 Å². The lowest BCUT2D eigenvalue weighted by molar-refractivity contribution is -0.167. The maximum atomic E-state index is 12.7. The molecule has 0 amide bonds. The Hall–Kier alpha value is -1.59. The van der Waals surface area contributed by atoms with Crippen LogP contribution in [0.2, 0.25) is 0 Å². The summed E-state index contributed by atoms with van der Waals surface area (Å²) in [6, 6.07) is 0. The number of hydrogen-bond acceptors (Lipinski definition) is 6. The number of hydrogen-bond donors (Lipinski definition) is 0. The summed E-state index contributed by atoms with van der Waals surface area (Å²) in [5.41, 5.74) is 0. The first kappa shape index (κ1) is 48.4. The standard InChI is InChI=1S/C44H84O6/c1-6-7-8-9-10-12-19-24-29-34-42(45)48-37-41(38-49-43(46)35-30-25-20-16-15-18-23-28-33-40(4)5)50-44(47)36-31-26-21-14-11-13-17-22-27-32-39(2)3/h39-41H,6-38H2,1-5H3/t41-/m1/s1. The van der Waals surface area contributed by atoms with Gasteiger partial charge in [0, 0.05) is 19.3 Å². The molecule has 0 saturated heterocycles. The van der Waals surface area contributed by atoms with Gasteiger partial charge in [-0.3, -0.25) is 14.4 Å². The van der Waals surface area contributed by atoms with E-state index < -0.39 is 6.10 Å². The zero-order valence-electron chi connectivity index (χ0n) is 34.0. The van der Waals surface area contributed by atoms with Crippen LogP contribution in [-0.4, -0.2) is 37.2 Å². The Balaban J connectivity index is 4.34. The Morgan fingerprint density at radius 2 is 0.660 bits per heavy atom. The van der Waals surface area contributed by atoms with Gasteiger partial charge < -0.3 is 14.2 Å². The summed E-state index contributed by atoms with van der Waals surface area (Å²) in [6.07, 6.45) is 33.8. The highest BCUT2D eigenvalue weighted by Gasteiger charge is 2.19. The molecule has 0 saturated carbocycles. The number of rotatable bonds is 38. The molecule has 0 heterocycles. The second kappa shape index (κ2) is 37.2. The minimum atomic E-state index is -0.759. The predicted octanol–water partition coefficient (Wildman–Crippen LogP) is 13.4. The number of carbonyl (C=O) groups is 3. The molecule has 1 atom stereocenters. The first-order valence-corrected chi connectivity index (χ1v) is 21.7. The fourth-order valence-electron chi connectivity index (χ4n) is 6.40. The molecule has 0 N–H and O–H groups in total. The van der Waals surface area contributed by atoms with E-state index in [1.165, 1.54) is 122 Å². The number of carbonyl (C=O) groups excluding carboxylic acids is 3. The van der Waals surface area contributed by atoms with E-state index in [0.29, 0.717) is 19.3 Å². The zero-order valence-corrected chi connectivity index (χ0v) is 34.0. The molecule has 6 nitrogen and oxygen atoms in total. The molecule has 0 fully saturated rings. The van der Waals surface area contributed by atoms with E-state index in [9.17, 15) is 14.4 Å². The summed E-state index contributed by atoms with van der Waals surface area (Å²) >= 11 is 0. The van der Waals surface area contributed by atoms with Crippen molar-refractivity contribution >= 4 is 17.9 Å². The van der Waals surface area contributed by atoms with Crippen LogP contribution >= 0.6 is 0 Å². The van der Waals surface area contributed by atoms with Gasteiger partial charge >= 0.3 is 17.9 Å². The van der Waals surface area contributed by atoms with Crippen molar-refractivity contribution in [3.63, 3.8) is 0 Å². The molecule has 0 unspecified atom stereocenters. The molecule has 0 radical (unpaired) electrons. The van der Waals surface area contributed by atoms with E-state index in [0.717, 1.165) is 69.6 Å². The molecule has 0 aromatic carbocycles. The molecule has 0 aromatic rings. The van der Waals surface area contributed by atoms with Crippen LogP contribution in [0.5, 0.6) is 0 Å². The van der Waals surface area contributed by atoms with Gasteiger partial charge in [0.05, 0.1) is 0 Å². The molecular formula is C44H84O6. The van der Waals surface area contributed by atoms with Crippen LogP contribution in [0.1, 0.15) is 234 Å². The first-order valence-electron chi connectivity index (χ1n) is 21.7. The Labute approximate surface area is 310 Å². The SMILES string of the molecule is CCCCCCCCCCCC(=O)OC[C@H](COC(=O)CCCCCCCCCCC(C)C)OC(=O)CCCCCCCCCCCC(C)C. The van der Waals surface area contributed by atoms with Crippen LogP contribution in [0, 0.1) is 11.8 Å². The van der Waals surface area contributed by atoms with Crippen LogP contribution in [0.4, 0.5) is 0 Å². The van der Waals surface area contributed by atoms with Gasteiger partial charge in [-0.05, 0) is 31.1 Å². The number of ether oxygens (including phenoxy) is 3. The van der Waals surface area contributed by atoms with Crippen molar-refractivity contribution in [2.45, 2.75) is 240 Å². The van der Waals surface area contributed by atoms with Gasteiger partial charge in [-0.15, -0.1) is 0 Å². The highest BCUT2D eigenvalue weighted by Crippen LogP contribution is 2.16. The molecular weight excluding hydrogens is 624 g/mol. The van der Waals surface area contributed by atoms with Crippen LogP contribution in [0.15, 0.2) is 0 Å². The van der Waals surface area contributed by atoms with Gasteiger partial charge in [0.25, 0.3) is 0 Å². The number of esters is 3. The third kappa shape index (κ3) is 37.7. The molecule has 0 aliphatic carbocycles. The van der Waals surface area contributed by atoms with E-state index in [1.807, 2.05) is 0 Å². The average Bonchev–Trinajstić information content (AvgIpc) is 3.08. The Morgan fingerprint density at radius 1 is 0.380 bits per heavy atom. The van der Waals surface area contributed by atoms with Gasteiger partial charge in [-0.25, -0.2) is 0 Å². The molecule has 0 bridgehead atoms. The second-order valence-electron chi connectivity index (χ2n) is 15.9. The Bertz CT molecular complexity index is 764. The highest BCUT2D eigenvalue weighted by molar-refractivity contribution is 5.71. The number of unbranched alkanes of at least 4 members (excludes halogenated alkanes) is 23. The van der Waals surface area contributed by atoms with Crippen molar-refractivity contribution in [1.29, 1.82) is 0 Å². The molecule has 296 valence electrons. The fraction of sp³-hybridized carbons (Fsp3) is 0.932. The normalized spacial score (nSPS) is 12.1. The average molecular weight is 709 g/mol. The smallest absolute Gasteiger partial charge is 0.306 e. The molecule has 0 aliphatic heterocycles. The van der Waals surface area contributed by atoms with Gasteiger partial charge in [0.1, 0.15) is 13.2 Å². The van der Waals surface area contributed by atoms with Gasteiger partial charge in [0.2, 0.25) is 0 Å². The monoisotopic (exact) mass is 709 g/mol. The Morgan fingerprint density at radius 3 is 0.980 bits per heavy atom. The maximum absolute atomic E-state index is 12.7. The van der Waals surface area contributed by atoms with E-state index in [1.54, 1.807) is 0 Å². The topological polar surface area (TPSA) is 78.9 Å². The second-order valence-corrected chi connectivity index (χ2v) is 15.9. The minimum Gasteiger partial charge on any atom is -0.462 e. The molecule has 0 spiro atoms. The van der Waals surface area contributed by atoms with Crippen molar-refractivity contribution in [1.82, 2.24) is 0 Å². The third-order valence-corrected chi connectivity index (χ3v) is 9.72. The Kier molecular flexibility index (Phi) is 36.0. The third-order valence-electron chi connectivity index (χ3n) is 9.72. The molecule has 6 heteroatoms. The zero-order chi connectivity index (χ0) is 36.9. The van der Waals surface area contributed by atoms with Crippen molar-refractivity contribution in [3.8, 4) is 0 Å². The quantitative estimate of drug-likeness (QED) is 0.0361. The molecule has 0 rings (SSSR count). The first-order chi connectivity index (χ1) is 24.2. The minimum absolute atomic E-state index is 0.0659. The highest BCUT2D eigenvalue weighted by atomic mass is 16.6. The van der Waals surface area contributed by atoms with E-state index in [4.69, 9.17) is 14.2 Å². The van der Waals surface area contributed by atoms with Crippen molar-refractivity contribution < 1.29 is 28.6 Å². The van der Waals surface area contributed by atoms with Crippen LogP contribution < -0.4 is 0 Å². The summed E-state index contributed by atoms with van der Waals surface area (Å²) in [5.74, 6) is 0.737. The molecule has 0 aromatic heterocycles. The van der Waals surface area contributed by atoms with Crippen molar-refractivity contribution in [3.05, 3.63) is 0 Å². The largest absolute Gasteiger partial charge is 0.462 e. The summed E-state index contributed by atoms with van der Waals surface area (Å²) in [7, 11) is 0. The summed E-state index contributed by atoms with van der Waals surface area (Å²) in [5, 5.41) is 0. The van der Waals surface area contributed by atoms with Gasteiger partial charge in [0.15, 0.2) is 6.10 Å². The fourth-order valence-corrected chi connectivity index (χ4v) is 6.40. The van der Waals surface area contributed by atoms with Crippen molar-refractivity contribution in [2.75, 3.05) is 13.2 Å². The van der Waals surface area contributed by atoms with E-state index in [-0.39, 0.29) is 31.1 Å². The lowest BCUT2D eigenvalue weighted by Gasteiger charge is -2.18.